The van der Waals surface area contributed by atoms with Crippen LogP contribution in [-0.2, 0) is 21.4 Å². The summed E-state index contributed by atoms with van der Waals surface area (Å²) in [5.74, 6) is 0.892. The Hall–Kier alpha value is -2.74. The summed E-state index contributed by atoms with van der Waals surface area (Å²) in [5.41, 5.74) is 2.56. The van der Waals surface area contributed by atoms with Crippen molar-refractivity contribution in [2.45, 2.75) is 33.2 Å². The number of nitrogens with one attached hydrogen (secondary N) is 1. The number of carbonyl (C=O) groups is 1. The molecule has 1 unspecified atom stereocenters. The van der Waals surface area contributed by atoms with Crippen molar-refractivity contribution in [3.8, 4) is 5.75 Å². The van der Waals surface area contributed by atoms with Crippen LogP contribution in [0.1, 0.15) is 32.3 Å². The lowest BCUT2D eigenvalue weighted by Crippen LogP contribution is -2.40. The zero-order valence-corrected chi connectivity index (χ0v) is 19.9. The maximum Gasteiger partial charge on any atom is 0.241 e. The fourth-order valence-electron chi connectivity index (χ4n) is 3.93. The normalized spacial score (nSPS) is 16.5. The average molecular weight is 460 g/mol. The Morgan fingerprint density at radius 3 is 2.62 bits per heavy atom. The number of piperidine rings is 1. The second-order valence-corrected chi connectivity index (χ2v) is 10.2. The number of hydrogen-bond acceptors (Lipinski definition) is 5. The van der Waals surface area contributed by atoms with Crippen LogP contribution in [0.25, 0.3) is 0 Å². The monoisotopic (exact) mass is 459 g/mol. The molecule has 8 heteroatoms. The van der Waals surface area contributed by atoms with E-state index in [0.717, 1.165) is 29.2 Å². The molecule has 1 saturated heterocycles. The van der Waals surface area contributed by atoms with Gasteiger partial charge >= 0.3 is 0 Å². The zero-order chi connectivity index (χ0) is 23.1. The molecular weight excluding hydrogens is 426 g/mol. The van der Waals surface area contributed by atoms with Crippen LogP contribution in [0.2, 0.25) is 0 Å². The third kappa shape index (κ3) is 6.63. The Labute approximate surface area is 191 Å². The van der Waals surface area contributed by atoms with Crippen LogP contribution in [0.4, 0.5) is 11.4 Å². The summed E-state index contributed by atoms with van der Waals surface area (Å²) in [6.07, 6.45) is 3.58. The molecule has 2 aromatic carbocycles. The van der Waals surface area contributed by atoms with Crippen LogP contribution in [0.3, 0.4) is 0 Å². The van der Waals surface area contributed by atoms with Gasteiger partial charge in [0, 0.05) is 31.4 Å². The predicted octanol–water partition coefficient (Wildman–Crippen LogP) is 3.40. The maximum absolute atomic E-state index is 12.6. The molecule has 32 heavy (non-hydrogen) atoms. The second-order valence-electron chi connectivity index (χ2n) is 8.34. The molecule has 1 heterocycles. The molecule has 0 saturated carbocycles. The van der Waals surface area contributed by atoms with Gasteiger partial charge in [-0.3, -0.25) is 9.10 Å². The van der Waals surface area contributed by atoms with Gasteiger partial charge in [-0.25, -0.2) is 8.42 Å². The Balaban J connectivity index is 1.60. The minimum Gasteiger partial charge on any atom is -0.494 e. The number of nitrogens with zero attached hydrogens (tertiary/aromatic N) is 2. The third-order valence-corrected chi connectivity index (χ3v) is 6.69. The molecular formula is C24H33N3O4S. The molecule has 2 aromatic rings. The van der Waals surface area contributed by atoms with Crippen molar-refractivity contribution >= 4 is 27.3 Å². The Morgan fingerprint density at radius 1 is 1.22 bits per heavy atom. The Bertz CT molecular complexity index is 1010. The molecule has 1 aliphatic rings. The van der Waals surface area contributed by atoms with Crippen LogP contribution in [0.15, 0.2) is 48.5 Å². The summed E-state index contributed by atoms with van der Waals surface area (Å²) < 4.78 is 31.2. The second kappa shape index (κ2) is 10.7. The first kappa shape index (κ1) is 23.9. The fraction of sp³-hybridized carbons (Fsp3) is 0.458. The van der Waals surface area contributed by atoms with Gasteiger partial charge in [0.2, 0.25) is 15.9 Å². The minimum absolute atomic E-state index is 0.293. The van der Waals surface area contributed by atoms with Crippen molar-refractivity contribution in [2.24, 2.45) is 5.92 Å². The number of hydrogen-bond donors (Lipinski definition) is 1. The molecule has 1 fully saturated rings. The first-order valence-corrected chi connectivity index (χ1v) is 12.9. The van der Waals surface area contributed by atoms with Crippen LogP contribution in [0.5, 0.6) is 5.75 Å². The summed E-state index contributed by atoms with van der Waals surface area (Å²) in [5, 5.41) is 2.83. The number of sulfonamides is 1. The van der Waals surface area contributed by atoms with Gasteiger partial charge in [-0.05, 0) is 55.5 Å². The molecule has 7 nitrogen and oxygen atoms in total. The molecule has 1 atom stereocenters. The molecule has 0 aliphatic carbocycles. The van der Waals surface area contributed by atoms with Gasteiger partial charge in [0.25, 0.3) is 0 Å². The number of ether oxygens (including phenoxy) is 1. The van der Waals surface area contributed by atoms with E-state index in [1.54, 1.807) is 24.3 Å². The van der Waals surface area contributed by atoms with Gasteiger partial charge < -0.3 is 15.0 Å². The largest absolute Gasteiger partial charge is 0.494 e. The standard InChI is InChI=1S/C24H33N3O4S/c1-4-31-23-9-5-8-22(15-23)27(32(3,29)30)18-24(28)25-16-20-10-12-21(13-11-20)26-14-6-7-19(2)17-26/h5,8-13,15,19H,4,6-7,14,16-18H2,1-3H3,(H,25,28). The molecule has 0 radical (unpaired) electrons. The number of amides is 1. The lowest BCUT2D eigenvalue weighted by atomic mass is 9.99. The summed E-state index contributed by atoms with van der Waals surface area (Å²) in [4.78, 5) is 15.0. The molecule has 0 spiro atoms. The fourth-order valence-corrected chi connectivity index (χ4v) is 4.78. The van der Waals surface area contributed by atoms with E-state index >= 15 is 0 Å². The predicted molar refractivity (Wildman–Crippen MR) is 129 cm³/mol. The van der Waals surface area contributed by atoms with Crippen molar-refractivity contribution in [2.75, 3.05) is 41.7 Å². The summed E-state index contributed by atoms with van der Waals surface area (Å²) in [6, 6.07) is 14.9. The first-order chi connectivity index (χ1) is 15.3. The zero-order valence-electron chi connectivity index (χ0n) is 19.1. The van der Waals surface area contributed by atoms with Crippen molar-refractivity contribution in [3.05, 3.63) is 54.1 Å². The van der Waals surface area contributed by atoms with E-state index in [1.165, 1.54) is 18.5 Å². The molecule has 1 amide bonds. The van der Waals surface area contributed by atoms with E-state index in [-0.39, 0.29) is 12.5 Å². The first-order valence-electron chi connectivity index (χ1n) is 11.1. The van der Waals surface area contributed by atoms with Gasteiger partial charge in [0.05, 0.1) is 18.6 Å². The van der Waals surface area contributed by atoms with Gasteiger partial charge in [0.1, 0.15) is 12.3 Å². The summed E-state index contributed by atoms with van der Waals surface area (Å²) >= 11 is 0. The van der Waals surface area contributed by atoms with Gasteiger partial charge in [-0.15, -0.1) is 0 Å². The summed E-state index contributed by atoms with van der Waals surface area (Å²) in [6.45, 7) is 6.80. The van der Waals surface area contributed by atoms with E-state index in [4.69, 9.17) is 4.74 Å². The lowest BCUT2D eigenvalue weighted by Gasteiger charge is -2.32. The number of rotatable bonds is 9. The van der Waals surface area contributed by atoms with E-state index in [9.17, 15) is 13.2 Å². The summed E-state index contributed by atoms with van der Waals surface area (Å²) in [7, 11) is -3.64. The van der Waals surface area contributed by atoms with Crippen molar-refractivity contribution in [1.29, 1.82) is 0 Å². The number of benzene rings is 2. The molecule has 0 aromatic heterocycles. The van der Waals surface area contributed by atoms with Gasteiger partial charge in [0.15, 0.2) is 0 Å². The maximum atomic E-state index is 12.6. The molecule has 0 bridgehead atoms. The van der Waals surface area contributed by atoms with Crippen LogP contribution < -0.4 is 19.3 Å². The van der Waals surface area contributed by atoms with E-state index in [0.29, 0.717) is 30.5 Å². The number of carbonyl (C=O) groups excluding carboxylic acids is 1. The molecule has 174 valence electrons. The van der Waals surface area contributed by atoms with Gasteiger partial charge in [-0.2, -0.15) is 0 Å². The van der Waals surface area contributed by atoms with Crippen molar-refractivity contribution in [1.82, 2.24) is 5.32 Å². The highest BCUT2D eigenvalue weighted by atomic mass is 32.2. The minimum atomic E-state index is -3.64. The molecule has 1 N–H and O–H groups in total. The molecule has 3 rings (SSSR count). The quantitative estimate of drug-likeness (QED) is 0.622. The van der Waals surface area contributed by atoms with Crippen LogP contribution >= 0.6 is 0 Å². The molecule has 1 aliphatic heterocycles. The topological polar surface area (TPSA) is 79.0 Å². The number of anilines is 2. The van der Waals surface area contributed by atoms with Crippen molar-refractivity contribution in [3.63, 3.8) is 0 Å². The van der Waals surface area contributed by atoms with Crippen LogP contribution in [-0.4, -0.2) is 46.8 Å². The van der Waals surface area contributed by atoms with Crippen LogP contribution in [0, 0.1) is 5.92 Å². The smallest absolute Gasteiger partial charge is 0.241 e. The average Bonchev–Trinajstić information content (AvgIpc) is 2.76. The van der Waals surface area contributed by atoms with E-state index in [2.05, 4.69) is 29.3 Å². The Morgan fingerprint density at radius 2 is 1.97 bits per heavy atom. The third-order valence-electron chi connectivity index (χ3n) is 5.55. The highest BCUT2D eigenvalue weighted by Gasteiger charge is 2.21. The lowest BCUT2D eigenvalue weighted by molar-refractivity contribution is -0.119. The van der Waals surface area contributed by atoms with Gasteiger partial charge in [-0.1, -0.05) is 25.1 Å². The highest BCUT2D eigenvalue weighted by Crippen LogP contribution is 2.24. The van der Waals surface area contributed by atoms with Crippen molar-refractivity contribution < 1.29 is 17.9 Å². The highest BCUT2D eigenvalue weighted by molar-refractivity contribution is 7.92. The SMILES string of the molecule is CCOc1cccc(N(CC(=O)NCc2ccc(N3CCCC(C)C3)cc2)S(C)(=O)=O)c1. The van der Waals surface area contributed by atoms with E-state index in [1.807, 2.05) is 19.1 Å². The van der Waals surface area contributed by atoms with E-state index < -0.39 is 10.0 Å². The Kier molecular flexibility index (Phi) is 8.01.